The molecular weight excluding hydrogens is 216 g/mol. The van der Waals surface area contributed by atoms with E-state index in [1.807, 2.05) is 6.92 Å². The molecule has 0 aromatic rings. The van der Waals surface area contributed by atoms with E-state index in [0.717, 1.165) is 6.42 Å². The lowest BCUT2D eigenvalue weighted by Crippen LogP contribution is -2.44. The average Bonchev–Trinajstić information content (AvgIpc) is 2.17. The fraction of sp³-hybridized carbons (Fsp3) is 0.600. The zero-order valence-corrected chi connectivity index (χ0v) is 9.43. The normalized spacial score (nSPS) is 11.3. The Morgan fingerprint density at radius 1 is 1.53 bits per heavy atom. The predicted molar refractivity (Wildman–Crippen MR) is 59.5 cm³/mol. The van der Waals surface area contributed by atoms with Crippen molar-refractivity contribution < 1.29 is 9.59 Å². The van der Waals surface area contributed by atoms with Crippen LogP contribution in [-0.4, -0.2) is 23.9 Å². The second-order valence-corrected chi connectivity index (χ2v) is 3.35. The molecule has 84 valence electrons. The van der Waals surface area contributed by atoms with E-state index in [4.69, 9.17) is 18.0 Å². The predicted octanol–water partition coefficient (Wildman–Crippen LogP) is 1.24. The molecule has 0 bridgehead atoms. The van der Waals surface area contributed by atoms with Crippen molar-refractivity contribution in [2.75, 3.05) is 5.88 Å². The van der Waals surface area contributed by atoms with Gasteiger partial charge in [0.25, 0.3) is 0 Å². The molecule has 2 N–H and O–H groups in total. The number of hydrogen-bond acceptors (Lipinski definition) is 2. The van der Waals surface area contributed by atoms with E-state index in [2.05, 4.69) is 16.6 Å². The number of amides is 3. The van der Waals surface area contributed by atoms with Crippen molar-refractivity contribution in [3.8, 4) is 12.3 Å². The van der Waals surface area contributed by atoms with Gasteiger partial charge in [-0.25, -0.2) is 4.79 Å². The second kappa shape index (κ2) is 8.13. The number of urea groups is 1. The molecule has 0 rings (SSSR count). The van der Waals surface area contributed by atoms with E-state index in [1.54, 1.807) is 0 Å². The van der Waals surface area contributed by atoms with Crippen LogP contribution in [0.25, 0.3) is 0 Å². The molecule has 15 heavy (non-hydrogen) atoms. The number of alkyl halides is 1. The van der Waals surface area contributed by atoms with Gasteiger partial charge in [0.1, 0.15) is 0 Å². The highest BCUT2D eigenvalue weighted by molar-refractivity contribution is 6.19. The highest BCUT2D eigenvalue weighted by atomic mass is 35.5. The summed E-state index contributed by atoms with van der Waals surface area (Å²) in [5.41, 5.74) is 0. The third-order valence-corrected chi connectivity index (χ3v) is 1.85. The Labute approximate surface area is 94.7 Å². The molecule has 0 aromatic carbocycles. The zero-order chi connectivity index (χ0) is 11.7. The monoisotopic (exact) mass is 230 g/mol. The molecule has 0 aromatic heterocycles. The summed E-state index contributed by atoms with van der Waals surface area (Å²) in [5, 5.41) is 4.64. The summed E-state index contributed by atoms with van der Waals surface area (Å²) in [6.07, 6.45) is 6.87. The van der Waals surface area contributed by atoms with Crippen molar-refractivity contribution in [3.63, 3.8) is 0 Å². The van der Waals surface area contributed by atoms with Gasteiger partial charge in [0, 0.05) is 12.3 Å². The van der Waals surface area contributed by atoms with Crippen LogP contribution < -0.4 is 10.6 Å². The largest absolute Gasteiger partial charge is 0.324 e. The maximum Gasteiger partial charge on any atom is 0.322 e. The van der Waals surface area contributed by atoms with Crippen molar-refractivity contribution in [1.82, 2.24) is 10.6 Å². The first kappa shape index (κ1) is 13.8. The lowest BCUT2D eigenvalue weighted by Gasteiger charge is -2.11. The van der Waals surface area contributed by atoms with E-state index in [1.165, 1.54) is 0 Å². The molecule has 4 nitrogen and oxygen atoms in total. The van der Waals surface area contributed by atoms with Gasteiger partial charge in [-0.15, -0.1) is 18.0 Å². The standard InChI is InChI=1S/C10H15ClN2O2/c1-3-5-8(4-2)12-10(15)13-9(14)6-7-11/h2,8H,3,5-7H2,1H3,(H2,12,13,14,15). The molecule has 0 aliphatic heterocycles. The number of imide groups is 1. The summed E-state index contributed by atoms with van der Waals surface area (Å²) in [4.78, 5) is 22.2. The van der Waals surface area contributed by atoms with E-state index in [0.29, 0.717) is 6.42 Å². The van der Waals surface area contributed by atoms with Gasteiger partial charge in [-0.3, -0.25) is 10.1 Å². The summed E-state index contributed by atoms with van der Waals surface area (Å²) in [5.74, 6) is 2.21. The van der Waals surface area contributed by atoms with Crippen LogP contribution in [0, 0.1) is 12.3 Å². The first-order valence-electron chi connectivity index (χ1n) is 4.76. The Morgan fingerprint density at radius 3 is 2.67 bits per heavy atom. The maximum atomic E-state index is 11.2. The summed E-state index contributed by atoms with van der Waals surface area (Å²) in [7, 11) is 0. The first-order chi connectivity index (χ1) is 7.13. The minimum absolute atomic E-state index is 0.115. The van der Waals surface area contributed by atoms with Gasteiger partial charge in [-0.2, -0.15) is 0 Å². The third-order valence-electron chi connectivity index (χ3n) is 1.66. The zero-order valence-electron chi connectivity index (χ0n) is 8.68. The summed E-state index contributed by atoms with van der Waals surface area (Å²) in [6, 6.07) is -0.902. The Balaban J connectivity index is 3.91. The van der Waals surface area contributed by atoms with Crippen molar-refractivity contribution in [3.05, 3.63) is 0 Å². The van der Waals surface area contributed by atoms with Gasteiger partial charge in [-0.1, -0.05) is 19.3 Å². The number of hydrogen-bond donors (Lipinski definition) is 2. The van der Waals surface area contributed by atoms with Crippen molar-refractivity contribution in [1.29, 1.82) is 0 Å². The van der Waals surface area contributed by atoms with Gasteiger partial charge in [0.15, 0.2) is 0 Å². The average molecular weight is 231 g/mol. The lowest BCUT2D eigenvalue weighted by molar-refractivity contribution is -0.119. The molecule has 1 atom stereocenters. The van der Waals surface area contributed by atoms with Crippen LogP contribution in [0.4, 0.5) is 4.79 Å². The van der Waals surface area contributed by atoms with Crippen molar-refractivity contribution >= 4 is 23.5 Å². The van der Waals surface area contributed by atoms with Crippen LogP contribution >= 0.6 is 11.6 Å². The molecule has 1 unspecified atom stereocenters. The van der Waals surface area contributed by atoms with Gasteiger partial charge in [0.2, 0.25) is 5.91 Å². The number of halogens is 1. The maximum absolute atomic E-state index is 11.2. The third kappa shape index (κ3) is 6.81. The molecule has 0 fully saturated rings. The van der Waals surface area contributed by atoms with E-state index >= 15 is 0 Å². The smallest absolute Gasteiger partial charge is 0.322 e. The van der Waals surface area contributed by atoms with Crippen LogP contribution in [0.2, 0.25) is 0 Å². The summed E-state index contributed by atoms with van der Waals surface area (Å²) < 4.78 is 0. The van der Waals surface area contributed by atoms with Crippen molar-refractivity contribution in [2.45, 2.75) is 32.2 Å². The van der Waals surface area contributed by atoms with Crippen LogP contribution in [0.15, 0.2) is 0 Å². The Kier molecular flexibility index (Phi) is 7.47. The molecule has 0 saturated heterocycles. The second-order valence-electron chi connectivity index (χ2n) is 2.97. The fourth-order valence-corrected chi connectivity index (χ4v) is 1.13. The highest BCUT2D eigenvalue weighted by Gasteiger charge is 2.10. The van der Waals surface area contributed by atoms with Gasteiger partial charge in [0.05, 0.1) is 6.04 Å². The highest BCUT2D eigenvalue weighted by Crippen LogP contribution is 1.94. The topological polar surface area (TPSA) is 58.2 Å². The number of carbonyl (C=O) groups is 2. The van der Waals surface area contributed by atoms with Gasteiger partial charge in [-0.05, 0) is 6.42 Å². The van der Waals surface area contributed by atoms with Crippen LogP contribution in [0.1, 0.15) is 26.2 Å². The number of nitrogens with one attached hydrogen (secondary N) is 2. The lowest BCUT2D eigenvalue weighted by atomic mass is 10.2. The molecule has 5 heteroatoms. The van der Waals surface area contributed by atoms with Crippen LogP contribution in [-0.2, 0) is 4.79 Å². The van der Waals surface area contributed by atoms with E-state index in [-0.39, 0.29) is 18.3 Å². The Hall–Kier alpha value is -1.21. The Bertz CT molecular complexity index is 261. The molecule has 0 aliphatic carbocycles. The quantitative estimate of drug-likeness (QED) is 0.552. The molecule has 0 heterocycles. The number of terminal acetylenes is 1. The molecular formula is C10H15ClN2O2. The SMILES string of the molecule is C#CC(CCC)NC(=O)NC(=O)CCCl. The molecule has 3 amide bonds. The number of carbonyl (C=O) groups excluding carboxylic acids is 2. The first-order valence-corrected chi connectivity index (χ1v) is 5.29. The van der Waals surface area contributed by atoms with E-state index in [9.17, 15) is 9.59 Å². The van der Waals surface area contributed by atoms with E-state index < -0.39 is 11.9 Å². The Morgan fingerprint density at radius 2 is 2.20 bits per heavy atom. The molecule has 0 saturated carbocycles. The minimum atomic E-state index is -0.568. The van der Waals surface area contributed by atoms with Crippen molar-refractivity contribution in [2.24, 2.45) is 0 Å². The summed E-state index contributed by atoms with van der Waals surface area (Å²) >= 11 is 5.34. The van der Waals surface area contributed by atoms with Crippen LogP contribution in [0.3, 0.4) is 0 Å². The van der Waals surface area contributed by atoms with Gasteiger partial charge >= 0.3 is 6.03 Å². The van der Waals surface area contributed by atoms with Crippen LogP contribution in [0.5, 0.6) is 0 Å². The summed E-state index contributed by atoms with van der Waals surface area (Å²) in [6.45, 7) is 1.96. The fourth-order valence-electron chi connectivity index (χ4n) is 0.955. The number of rotatable bonds is 5. The minimum Gasteiger partial charge on any atom is -0.324 e. The molecule has 0 radical (unpaired) electrons. The van der Waals surface area contributed by atoms with Gasteiger partial charge < -0.3 is 5.32 Å². The molecule has 0 aliphatic rings. The molecule has 0 spiro atoms.